The van der Waals surface area contributed by atoms with Crippen LogP contribution in [0.1, 0.15) is 19.4 Å². The maximum Gasteiger partial charge on any atom is 0.263 e. The van der Waals surface area contributed by atoms with E-state index in [1.165, 1.54) is 6.20 Å². The Kier molecular flexibility index (Phi) is 5.39. The van der Waals surface area contributed by atoms with Crippen molar-refractivity contribution in [1.82, 2.24) is 15.6 Å². The Morgan fingerprint density at radius 2 is 2.39 bits per heavy atom. The first kappa shape index (κ1) is 13.7. The molecule has 0 aromatic carbocycles. The lowest BCUT2D eigenvalue weighted by Gasteiger charge is -2.07. The summed E-state index contributed by atoms with van der Waals surface area (Å²) in [4.78, 5) is 15.5. The molecule has 0 spiro atoms. The van der Waals surface area contributed by atoms with Crippen LogP contribution in [0.3, 0.4) is 0 Å². The van der Waals surface area contributed by atoms with E-state index in [1.54, 1.807) is 12.4 Å². The van der Waals surface area contributed by atoms with Crippen LogP contribution in [-0.2, 0) is 11.3 Å². The third-order valence-corrected chi connectivity index (χ3v) is 2.06. The molecule has 18 heavy (non-hydrogen) atoms. The monoisotopic (exact) mass is 244 g/mol. The number of nitrogens with zero attached hydrogens (tertiary/aromatic N) is 2. The van der Waals surface area contributed by atoms with Crippen LogP contribution < -0.4 is 10.6 Å². The third kappa shape index (κ3) is 4.66. The zero-order valence-corrected chi connectivity index (χ0v) is 10.5. The molecule has 0 aliphatic heterocycles. The van der Waals surface area contributed by atoms with Gasteiger partial charge in [-0.15, -0.1) is 0 Å². The van der Waals surface area contributed by atoms with Gasteiger partial charge < -0.3 is 10.6 Å². The summed E-state index contributed by atoms with van der Waals surface area (Å²) >= 11 is 0. The molecule has 0 unspecified atom stereocenters. The van der Waals surface area contributed by atoms with Gasteiger partial charge in [-0.25, -0.2) is 0 Å². The molecule has 0 aliphatic rings. The van der Waals surface area contributed by atoms with E-state index in [-0.39, 0.29) is 17.5 Å². The Labute approximate surface area is 107 Å². The average molecular weight is 244 g/mol. The summed E-state index contributed by atoms with van der Waals surface area (Å²) in [6, 6.07) is 5.61. The summed E-state index contributed by atoms with van der Waals surface area (Å²) < 4.78 is 0. The zero-order valence-electron chi connectivity index (χ0n) is 10.5. The molecule has 1 aromatic rings. The molecule has 5 nitrogen and oxygen atoms in total. The molecule has 1 heterocycles. The number of hydrogen-bond acceptors (Lipinski definition) is 4. The summed E-state index contributed by atoms with van der Waals surface area (Å²) in [7, 11) is 0. The molecule has 0 fully saturated rings. The Morgan fingerprint density at radius 3 is 2.94 bits per heavy atom. The van der Waals surface area contributed by atoms with Crippen molar-refractivity contribution in [1.29, 1.82) is 5.26 Å². The maximum atomic E-state index is 11.6. The molecule has 0 saturated heterocycles. The van der Waals surface area contributed by atoms with Gasteiger partial charge in [-0.1, -0.05) is 6.07 Å². The van der Waals surface area contributed by atoms with E-state index in [9.17, 15) is 4.79 Å². The van der Waals surface area contributed by atoms with Crippen LogP contribution >= 0.6 is 0 Å². The minimum atomic E-state index is -0.369. The van der Waals surface area contributed by atoms with Gasteiger partial charge >= 0.3 is 0 Å². The van der Waals surface area contributed by atoms with Gasteiger partial charge in [-0.2, -0.15) is 5.26 Å². The van der Waals surface area contributed by atoms with Gasteiger partial charge in [-0.3, -0.25) is 9.78 Å². The van der Waals surface area contributed by atoms with Crippen molar-refractivity contribution < 1.29 is 4.79 Å². The van der Waals surface area contributed by atoms with Crippen molar-refractivity contribution in [2.75, 3.05) is 0 Å². The number of amides is 1. The number of carbonyl (C=O) groups is 1. The Balaban J connectivity index is 2.54. The first-order valence-electron chi connectivity index (χ1n) is 5.67. The van der Waals surface area contributed by atoms with Crippen molar-refractivity contribution in [3.8, 4) is 6.07 Å². The van der Waals surface area contributed by atoms with E-state index in [0.29, 0.717) is 6.54 Å². The summed E-state index contributed by atoms with van der Waals surface area (Å²) in [6.07, 6.45) is 4.84. The van der Waals surface area contributed by atoms with E-state index in [1.807, 2.05) is 32.0 Å². The average Bonchev–Trinajstić information content (AvgIpc) is 2.35. The Morgan fingerprint density at radius 1 is 1.61 bits per heavy atom. The molecule has 0 saturated carbocycles. The second-order valence-corrected chi connectivity index (χ2v) is 4.04. The molecular formula is C13H16N4O. The fourth-order valence-electron chi connectivity index (χ4n) is 1.26. The molecule has 5 heteroatoms. The summed E-state index contributed by atoms with van der Waals surface area (Å²) in [5.74, 6) is -0.369. The minimum absolute atomic E-state index is 0.00701. The number of carbonyl (C=O) groups excluding carboxylic acids is 1. The van der Waals surface area contributed by atoms with Crippen molar-refractivity contribution >= 4 is 5.91 Å². The van der Waals surface area contributed by atoms with Crippen LogP contribution in [0.4, 0.5) is 0 Å². The SMILES string of the molecule is CC(C)NC(=O)/C(C#N)=C\NCc1cccnc1. The predicted molar refractivity (Wildman–Crippen MR) is 68.1 cm³/mol. The van der Waals surface area contributed by atoms with Crippen LogP contribution in [0, 0.1) is 11.3 Å². The highest BCUT2D eigenvalue weighted by Crippen LogP contribution is 1.96. The van der Waals surface area contributed by atoms with Gasteiger partial charge in [0, 0.05) is 31.2 Å². The lowest BCUT2D eigenvalue weighted by molar-refractivity contribution is -0.117. The summed E-state index contributed by atoms with van der Waals surface area (Å²) in [5, 5.41) is 14.5. The molecule has 1 amide bonds. The number of nitrogens with one attached hydrogen (secondary N) is 2. The van der Waals surface area contributed by atoms with Gasteiger partial charge in [0.2, 0.25) is 0 Å². The van der Waals surface area contributed by atoms with Crippen LogP contribution in [0.25, 0.3) is 0 Å². The van der Waals surface area contributed by atoms with Crippen molar-refractivity contribution in [2.45, 2.75) is 26.4 Å². The van der Waals surface area contributed by atoms with Gasteiger partial charge in [0.25, 0.3) is 5.91 Å². The first-order valence-corrected chi connectivity index (χ1v) is 5.67. The normalized spacial score (nSPS) is 10.9. The molecule has 94 valence electrons. The number of rotatable bonds is 5. The maximum absolute atomic E-state index is 11.6. The van der Waals surface area contributed by atoms with Gasteiger partial charge in [0.05, 0.1) is 0 Å². The second kappa shape index (κ2) is 7.07. The lowest BCUT2D eigenvalue weighted by Crippen LogP contribution is -2.31. The molecule has 0 aliphatic carbocycles. The van der Waals surface area contributed by atoms with E-state index in [2.05, 4.69) is 15.6 Å². The fraction of sp³-hybridized carbons (Fsp3) is 0.308. The molecular weight excluding hydrogens is 228 g/mol. The van der Waals surface area contributed by atoms with Gasteiger partial charge in [0.1, 0.15) is 11.6 Å². The molecule has 0 atom stereocenters. The topological polar surface area (TPSA) is 77.8 Å². The summed E-state index contributed by atoms with van der Waals surface area (Å²) in [6.45, 7) is 4.21. The number of aromatic nitrogens is 1. The molecule has 0 radical (unpaired) electrons. The number of pyridine rings is 1. The Hall–Kier alpha value is -2.35. The number of nitriles is 1. The largest absolute Gasteiger partial charge is 0.386 e. The smallest absolute Gasteiger partial charge is 0.263 e. The molecule has 1 aromatic heterocycles. The lowest BCUT2D eigenvalue weighted by atomic mass is 10.2. The minimum Gasteiger partial charge on any atom is -0.386 e. The quantitative estimate of drug-likeness (QED) is 0.600. The van der Waals surface area contributed by atoms with Crippen LogP contribution in [-0.4, -0.2) is 16.9 Å². The number of hydrogen-bond donors (Lipinski definition) is 2. The highest BCUT2D eigenvalue weighted by atomic mass is 16.1. The van der Waals surface area contributed by atoms with Crippen LogP contribution in [0.15, 0.2) is 36.3 Å². The first-order chi connectivity index (χ1) is 8.63. The zero-order chi connectivity index (χ0) is 13.4. The highest BCUT2D eigenvalue weighted by molar-refractivity contribution is 5.97. The van der Waals surface area contributed by atoms with Crippen molar-refractivity contribution in [3.63, 3.8) is 0 Å². The van der Waals surface area contributed by atoms with E-state index in [0.717, 1.165) is 5.56 Å². The summed E-state index contributed by atoms with van der Waals surface area (Å²) in [5.41, 5.74) is 1.04. The van der Waals surface area contributed by atoms with Crippen molar-refractivity contribution in [3.05, 3.63) is 41.9 Å². The second-order valence-electron chi connectivity index (χ2n) is 4.04. The predicted octanol–water partition coefficient (Wildman–Crippen LogP) is 1.10. The van der Waals surface area contributed by atoms with Gasteiger partial charge in [0.15, 0.2) is 0 Å². The van der Waals surface area contributed by atoms with E-state index in [4.69, 9.17) is 5.26 Å². The third-order valence-electron chi connectivity index (χ3n) is 2.06. The fourth-order valence-corrected chi connectivity index (χ4v) is 1.26. The van der Waals surface area contributed by atoms with E-state index >= 15 is 0 Å². The molecule has 1 rings (SSSR count). The van der Waals surface area contributed by atoms with Crippen molar-refractivity contribution in [2.24, 2.45) is 0 Å². The van der Waals surface area contributed by atoms with E-state index < -0.39 is 0 Å². The molecule has 0 bridgehead atoms. The molecule has 2 N–H and O–H groups in total. The van der Waals surface area contributed by atoms with Gasteiger partial charge in [-0.05, 0) is 25.5 Å². The Bertz CT molecular complexity index is 460. The van der Waals surface area contributed by atoms with Crippen LogP contribution in [0.5, 0.6) is 0 Å². The highest BCUT2D eigenvalue weighted by Gasteiger charge is 2.09. The standard InChI is InChI=1S/C13H16N4O/c1-10(2)17-13(18)12(6-14)9-16-8-11-4-3-5-15-7-11/h3-5,7,9-10,16H,8H2,1-2H3,(H,17,18)/b12-9-. The van der Waals surface area contributed by atoms with Crippen LogP contribution in [0.2, 0.25) is 0 Å².